The lowest BCUT2D eigenvalue weighted by molar-refractivity contribution is -0.117. The number of morpholine rings is 1. The summed E-state index contributed by atoms with van der Waals surface area (Å²) >= 11 is 6.26. The minimum Gasteiger partial charge on any atom is -0.378 e. The first-order chi connectivity index (χ1) is 9.09. The molecule has 1 aliphatic rings. The predicted octanol–water partition coefficient (Wildman–Crippen LogP) is 2.31. The highest BCUT2D eigenvalue weighted by Crippen LogP contribution is 2.34. The van der Waals surface area contributed by atoms with Crippen molar-refractivity contribution in [1.82, 2.24) is 0 Å². The standard InChI is InChI=1S/C13H18ClN3O2.2ClH/c1-9(15)13(18)16-11-4-2-3-10(14)12(11)17-5-7-19-8-6-17;;/h2-4,9H,5-8,15H2,1H3,(H,16,18);2*1H. The average Bonchev–Trinajstić information content (AvgIpc) is 2.39. The second-order valence-corrected chi connectivity index (χ2v) is 4.92. The average molecular weight is 357 g/mol. The first-order valence-electron chi connectivity index (χ1n) is 6.27. The van der Waals surface area contributed by atoms with Crippen LogP contribution in [0.25, 0.3) is 0 Å². The fraction of sp³-hybridized carbons (Fsp3) is 0.462. The number of carbonyl (C=O) groups excluding carboxylic acids is 1. The molecular formula is C13H20Cl3N3O2. The molecule has 0 aliphatic carbocycles. The van der Waals surface area contributed by atoms with Crippen molar-refractivity contribution in [2.75, 3.05) is 36.5 Å². The summed E-state index contributed by atoms with van der Waals surface area (Å²) < 4.78 is 5.33. The van der Waals surface area contributed by atoms with E-state index in [0.29, 0.717) is 23.9 Å². The number of hydrogen-bond donors (Lipinski definition) is 2. The van der Waals surface area contributed by atoms with Crippen LogP contribution < -0.4 is 16.0 Å². The smallest absolute Gasteiger partial charge is 0.241 e. The van der Waals surface area contributed by atoms with Crippen molar-refractivity contribution in [2.45, 2.75) is 13.0 Å². The van der Waals surface area contributed by atoms with Crippen LogP contribution in [-0.2, 0) is 9.53 Å². The molecule has 0 spiro atoms. The number of rotatable bonds is 3. The van der Waals surface area contributed by atoms with E-state index in [1.165, 1.54) is 0 Å². The van der Waals surface area contributed by atoms with E-state index in [9.17, 15) is 4.79 Å². The zero-order chi connectivity index (χ0) is 13.8. The van der Waals surface area contributed by atoms with Crippen LogP contribution in [0.3, 0.4) is 0 Å². The zero-order valence-corrected chi connectivity index (χ0v) is 14.1. The van der Waals surface area contributed by atoms with E-state index in [1.807, 2.05) is 18.2 Å². The van der Waals surface area contributed by atoms with Crippen LogP contribution in [0.2, 0.25) is 5.02 Å². The summed E-state index contributed by atoms with van der Waals surface area (Å²) in [6, 6.07) is 4.89. The Balaban J connectivity index is 0.00000200. The summed E-state index contributed by atoms with van der Waals surface area (Å²) in [5.41, 5.74) is 7.10. The van der Waals surface area contributed by atoms with Crippen LogP contribution in [-0.4, -0.2) is 38.3 Å². The molecule has 0 radical (unpaired) electrons. The van der Waals surface area contributed by atoms with E-state index >= 15 is 0 Å². The topological polar surface area (TPSA) is 67.6 Å². The molecule has 1 aliphatic heterocycles. The lowest BCUT2D eigenvalue weighted by Crippen LogP contribution is -2.38. The molecule has 2 rings (SSSR count). The number of carbonyl (C=O) groups is 1. The van der Waals surface area contributed by atoms with Gasteiger partial charge in [0, 0.05) is 13.1 Å². The monoisotopic (exact) mass is 355 g/mol. The molecule has 0 saturated carbocycles. The second kappa shape index (κ2) is 9.33. The van der Waals surface area contributed by atoms with Gasteiger partial charge in [-0.2, -0.15) is 0 Å². The molecule has 0 bridgehead atoms. The van der Waals surface area contributed by atoms with Gasteiger partial charge in [-0.3, -0.25) is 4.79 Å². The first-order valence-corrected chi connectivity index (χ1v) is 6.65. The van der Waals surface area contributed by atoms with Crippen molar-refractivity contribution in [3.63, 3.8) is 0 Å². The van der Waals surface area contributed by atoms with Gasteiger partial charge in [0.2, 0.25) is 5.91 Å². The Labute approximate surface area is 142 Å². The largest absolute Gasteiger partial charge is 0.378 e. The highest BCUT2D eigenvalue weighted by molar-refractivity contribution is 6.34. The molecule has 1 aromatic rings. The number of nitrogens with zero attached hydrogens (tertiary/aromatic N) is 1. The van der Waals surface area contributed by atoms with Gasteiger partial charge in [-0.15, -0.1) is 24.8 Å². The van der Waals surface area contributed by atoms with Gasteiger partial charge in [-0.25, -0.2) is 0 Å². The molecule has 120 valence electrons. The van der Waals surface area contributed by atoms with Crippen LogP contribution in [0.15, 0.2) is 18.2 Å². The normalized spacial score (nSPS) is 15.5. The Morgan fingerprint density at radius 2 is 2.00 bits per heavy atom. The third kappa shape index (κ3) is 5.20. The summed E-state index contributed by atoms with van der Waals surface area (Å²) in [7, 11) is 0. The molecule has 3 N–H and O–H groups in total. The molecule has 21 heavy (non-hydrogen) atoms. The van der Waals surface area contributed by atoms with Crippen LogP contribution in [0.1, 0.15) is 6.92 Å². The summed E-state index contributed by atoms with van der Waals surface area (Å²) in [6.07, 6.45) is 0. The number of halogens is 3. The van der Waals surface area contributed by atoms with Gasteiger partial charge in [0.25, 0.3) is 0 Å². The Morgan fingerprint density at radius 1 is 1.38 bits per heavy atom. The van der Waals surface area contributed by atoms with Crippen molar-refractivity contribution in [3.05, 3.63) is 23.2 Å². The van der Waals surface area contributed by atoms with E-state index in [4.69, 9.17) is 22.1 Å². The molecule has 0 aromatic heterocycles. The molecule has 5 nitrogen and oxygen atoms in total. The van der Waals surface area contributed by atoms with E-state index in [2.05, 4.69) is 10.2 Å². The SMILES string of the molecule is CC(N)C(=O)Nc1cccc(Cl)c1N1CCOCC1.Cl.Cl. The molecule has 1 heterocycles. The minimum absolute atomic E-state index is 0. The van der Waals surface area contributed by atoms with Crippen LogP contribution in [0.4, 0.5) is 11.4 Å². The molecular weight excluding hydrogens is 337 g/mol. The molecule has 1 fully saturated rings. The van der Waals surface area contributed by atoms with Gasteiger partial charge in [0.1, 0.15) is 0 Å². The Hall–Kier alpha value is -0.720. The number of benzene rings is 1. The number of para-hydroxylation sites is 1. The molecule has 1 unspecified atom stereocenters. The Morgan fingerprint density at radius 3 is 2.57 bits per heavy atom. The summed E-state index contributed by atoms with van der Waals surface area (Å²) in [6.45, 7) is 4.47. The van der Waals surface area contributed by atoms with Gasteiger partial charge in [-0.1, -0.05) is 17.7 Å². The Kier molecular flexibility index (Phi) is 9.01. The van der Waals surface area contributed by atoms with Crippen LogP contribution >= 0.6 is 36.4 Å². The number of amides is 1. The maximum Gasteiger partial charge on any atom is 0.241 e. The maximum absolute atomic E-state index is 11.7. The second-order valence-electron chi connectivity index (χ2n) is 4.51. The van der Waals surface area contributed by atoms with Crippen LogP contribution in [0.5, 0.6) is 0 Å². The number of ether oxygens (including phenoxy) is 1. The molecule has 1 aromatic carbocycles. The summed E-state index contributed by atoms with van der Waals surface area (Å²) in [4.78, 5) is 13.8. The van der Waals surface area contributed by atoms with Gasteiger partial charge < -0.3 is 20.7 Å². The third-order valence-corrected chi connectivity index (χ3v) is 3.29. The van der Waals surface area contributed by atoms with Crippen molar-refractivity contribution in [2.24, 2.45) is 5.73 Å². The fourth-order valence-corrected chi connectivity index (χ4v) is 2.27. The van der Waals surface area contributed by atoms with Gasteiger partial charge in [0.05, 0.1) is 35.7 Å². The number of nitrogens with one attached hydrogen (secondary N) is 1. The van der Waals surface area contributed by atoms with Crippen LogP contribution in [0, 0.1) is 0 Å². The molecule has 1 atom stereocenters. The van der Waals surface area contributed by atoms with Gasteiger partial charge in [0.15, 0.2) is 0 Å². The first kappa shape index (κ1) is 20.3. The summed E-state index contributed by atoms with van der Waals surface area (Å²) in [5.74, 6) is -0.225. The highest BCUT2D eigenvalue weighted by Gasteiger charge is 2.19. The molecule has 8 heteroatoms. The third-order valence-electron chi connectivity index (χ3n) is 2.99. The van der Waals surface area contributed by atoms with E-state index in [0.717, 1.165) is 18.8 Å². The Bertz CT molecular complexity index is 466. The fourth-order valence-electron chi connectivity index (χ4n) is 1.97. The van der Waals surface area contributed by atoms with E-state index in [1.54, 1.807) is 6.92 Å². The van der Waals surface area contributed by atoms with Crippen molar-refractivity contribution < 1.29 is 9.53 Å². The van der Waals surface area contributed by atoms with Gasteiger partial charge in [-0.05, 0) is 19.1 Å². The zero-order valence-electron chi connectivity index (χ0n) is 11.7. The lowest BCUT2D eigenvalue weighted by atomic mass is 10.2. The van der Waals surface area contributed by atoms with E-state index in [-0.39, 0.29) is 30.7 Å². The number of nitrogens with two attached hydrogens (primary N) is 1. The summed E-state index contributed by atoms with van der Waals surface area (Å²) in [5, 5.41) is 3.43. The number of anilines is 2. The molecule has 1 saturated heterocycles. The number of hydrogen-bond acceptors (Lipinski definition) is 4. The van der Waals surface area contributed by atoms with Crippen molar-refractivity contribution in [3.8, 4) is 0 Å². The maximum atomic E-state index is 11.7. The van der Waals surface area contributed by atoms with Gasteiger partial charge >= 0.3 is 0 Å². The lowest BCUT2D eigenvalue weighted by Gasteiger charge is -2.31. The van der Waals surface area contributed by atoms with E-state index < -0.39 is 6.04 Å². The highest BCUT2D eigenvalue weighted by atomic mass is 35.5. The molecule has 1 amide bonds. The minimum atomic E-state index is -0.559. The van der Waals surface area contributed by atoms with Crippen molar-refractivity contribution >= 4 is 53.7 Å². The van der Waals surface area contributed by atoms with Crippen molar-refractivity contribution in [1.29, 1.82) is 0 Å². The predicted molar refractivity (Wildman–Crippen MR) is 91.3 cm³/mol. The quantitative estimate of drug-likeness (QED) is 0.872.